The molecule has 0 radical (unpaired) electrons. The summed E-state index contributed by atoms with van der Waals surface area (Å²) in [6.07, 6.45) is 0.499. The Labute approximate surface area is 153 Å². The number of hydrogen-bond acceptors (Lipinski definition) is 5. The molecule has 0 aromatic heterocycles. The minimum Gasteiger partial charge on any atom is -0.449 e. The third-order valence-corrected chi connectivity index (χ3v) is 3.79. The van der Waals surface area contributed by atoms with E-state index in [-0.39, 0.29) is 11.5 Å². The number of esters is 1. The van der Waals surface area contributed by atoms with Crippen LogP contribution in [0.3, 0.4) is 0 Å². The van der Waals surface area contributed by atoms with Gasteiger partial charge in [-0.3, -0.25) is 10.1 Å². The SMILES string of the molecule is C[C@H](OC(=O)c1cccc(NC(=O)OC(C)(C)C)c1)C(=O)N1CCCC1. The van der Waals surface area contributed by atoms with Gasteiger partial charge < -0.3 is 14.4 Å². The summed E-state index contributed by atoms with van der Waals surface area (Å²) in [6, 6.07) is 6.31. The highest BCUT2D eigenvalue weighted by molar-refractivity contribution is 5.94. The molecule has 1 aliphatic rings. The van der Waals surface area contributed by atoms with Crippen LogP contribution in [0.1, 0.15) is 50.9 Å². The number of carbonyl (C=O) groups is 3. The standard InChI is InChI=1S/C19H26N2O5/c1-13(16(22)21-10-5-6-11-21)25-17(23)14-8-7-9-15(12-14)20-18(24)26-19(2,3)4/h7-9,12-13H,5-6,10-11H2,1-4H3,(H,20,24)/t13-/m0/s1. The van der Waals surface area contributed by atoms with E-state index in [2.05, 4.69) is 5.32 Å². The van der Waals surface area contributed by atoms with Crippen molar-refractivity contribution >= 4 is 23.7 Å². The quantitative estimate of drug-likeness (QED) is 0.832. The number of carbonyl (C=O) groups excluding carboxylic acids is 3. The molecule has 0 saturated carbocycles. The van der Waals surface area contributed by atoms with Gasteiger partial charge in [-0.2, -0.15) is 0 Å². The molecule has 0 spiro atoms. The maximum Gasteiger partial charge on any atom is 0.412 e. The Bertz CT molecular complexity index is 675. The van der Waals surface area contributed by atoms with Crippen molar-refractivity contribution in [2.45, 2.75) is 52.2 Å². The van der Waals surface area contributed by atoms with E-state index in [1.165, 1.54) is 6.07 Å². The summed E-state index contributed by atoms with van der Waals surface area (Å²) in [4.78, 5) is 38.1. The molecule has 1 aliphatic heterocycles. The van der Waals surface area contributed by atoms with Gasteiger partial charge in [0.05, 0.1) is 5.56 Å². The second kappa shape index (κ2) is 8.21. The molecule has 26 heavy (non-hydrogen) atoms. The zero-order valence-corrected chi connectivity index (χ0v) is 15.7. The number of hydrogen-bond donors (Lipinski definition) is 1. The molecule has 1 heterocycles. The van der Waals surface area contributed by atoms with E-state index in [9.17, 15) is 14.4 Å². The van der Waals surface area contributed by atoms with Crippen molar-refractivity contribution in [1.82, 2.24) is 4.90 Å². The highest BCUT2D eigenvalue weighted by atomic mass is 16.6. The van der Waals surface area contributed by atoms with Gasteiger partial charge in [-0.05, 0) is 58.7 Å². The van der Waals surface area contributed by atoms with Crippen LogP contribution in [0.2, 0.25) is 0 Å². The summed E-state index contributed by atoms with van der Waals surface area (Å²) in [6.45, 7) is 8.27. The summed E-state index contributed by atoms with van der Waals surface area (Å²) in [5.74, 6) is -0.795. The number of likely N-dealkylation sites (tertiary alicyclic amines) is 1. The Hall–Kier alpha value is -2.57. The van der Waals surface area contributed by atoms with Gasteiger partial charge in [-0.1, -0.05) is 6.07 Å². The molecular formula is C19H26N2O5. The molecule has 7 nitrogen and oxygen atoms in total. The van der Waals surface area contributed by atoms with Gasteiger partial charge in [0.25, 0.3) is 5.91 Å². The fourth-order valence-electron chi connectivity index (χ4n) is 2.62. The number of rotatable bonds is 4. The normalized spacial score (nSPS) is 15.3. The summed E-state index contributed by atoms with van der Waals surface area (Å²) < 4.78 is 10.5. The predicted molar refractivity (Wildman–Crippen MR) is 97.0 cm³/mol. The minimum atomic E-state index is -0.844. The first-order valence-corrected chi connectivity index (χ1v) is 8.75. The van der Waals surface area contributed by atoms with Gasteiger partial charge in [0.15, 0.2) is 6.10 Å². The lowest BCUT2D eigenvalue weighted by Crippen LogP contribution is -2.38. The molecular weight excluding hydrogens is 336 g/mol. The Morgan fingerprint density at radius 2 is 1.81 bits per heavy atom. The number of ether oxygens (including phenoxy) is 2. The molecule has 7 heteroatoms. The van der Waals surface area contributed by atoms with Gasteiger partial charge in [0.1, 0.15) is 5.60 Å². The Kier molecular flexibility index (Phi) is 6.23. The zero-order valence-electron chi connectivity index (χ0n) is 15.7. The van der Waals surface area contributed by atoms with E-state index >= 15 is 0 Å². The van der Waals surface area contributed by atoms with Crippen LogP contribution in [0.4, 0.5) is 10.5 Å². The molecule has 142 valence electrons. The Morgan fingerprint density at radius 3 is 2.42 bits per heavy atom. The second-order valence-electron chi connectivity index (χ2n) is 7.29. The molecule has 1 aromatic carbocycles. The molecule has 2 rings (SSSR count). The van der Waals surface area contributed by atoms with Crippen LogP contribution >= 0.6 is 0 Å². The first-order chi connectivity index (χ1) is 12.2. The average Bonchev–Trinajstić information content (AvgIpc) is 3.06. The number of benzene rings is 1. The highest BCUT2D eigenvalue weighted by Gasteiger charge is 2.26. The molecule has 2 amide bonds. The lowest BCUT2D eigenvalue weighted by atomic mass is 10.2. The molecule has 1 aromatic rings. The monoisotopic (exact) mass is 362 g/mol. The van der Waals surface area contributed by atoms with Crippen LogP contribution < -0.4 is 5.32 Å². The maximum absolute atomic E-state index is 12.3. The fourth-order valence-corrected chi connectivity index (χ4v) is 2.62. The Balaban J connectivity index is 1.96. The third-order valence-electron chi connectivity index (χ3n) is 3.79. The van der Waals surface area contributed by atoms with Crippen LogP contribution in [0.5, 0.6) is 0 Å². The van der Waals surface area contributed by atoms with Gasteiger partial charge in [0.2, 0.25) is 0 Å². The van der Waals surface area contributed by atoms with E-state index < -0.39 is 23.8 Å². The zero-order chi connectivity index (χ0) is 19.3. The van der Waals surface area contributed by atoms with E-state index in [1.54, 1.807) is 50.8 Å². The lowest BCUT2D eigenvalue weighted by molar-refractivity contribution is -0.138. The van der Waals surface area contributed by atoms with E-state index in [4.69, 9.17) is 9.47 Å². The number of amides is 2. The van der Waals surface area contributed by atoms with Crippen LogP contribution in [0.15, 0.2) is 24.3 Å². The van der Waals surface area contributed by atoms with Gasteiger partial charge in [-0.25, -0.2) is 9.59 Å². The first-order valence-electron chi connectivity index (χ1n) is 8.75. The van der Waals surface area contributed by atoms with Gasteiger partial charge >= 0.3 is 12.1 Å². The van der Waals surface area contributed by atoms with Gasteiger partial charge in [-0.15, -0.1) is 0 Å². The topological polar surface area (TPSA) is 84.9 Å². The largest absolute Gasteiger partial charge is 0.449 e. The molecule has 0 aliphatic carbocycles. The maximum atomic E-state index is 12.3. The van der Waals surface area contributed by atoms with Gasteiger partial charge in [0, 0.05) is 18.8 Å². The van der Waals surface area contributed by atoms with Crippen molar-refractivity contribution in [2.24, 2.45) is 0 Å². The second-order valence-corrected chi connectivity index (χ2v) is 7.29. The Morgan fingerprint density at radius 1 is 1.15 bits per heavy atom. The highest BCUT2D eigenvalue weighted by Crippen LogP contribution is 2.16. The molecule has 0 bridgehead atoms. The van der Waals surface area contributed by atoms with Crippen LogP contribution in [-0.2, 0) is 14.3 Å². The first kappa shape index (κ1) is 19.8. The molecule has 1 N–H and O–H groups in total. The predicted octanol–water partition coefficient (Wildman–Crippen LogP) is 3.20. The summed E-state index contributed by atoms with van der Waals surface area (Å²) in [5, 5.41) is 2.57. The summed E-state index contributed by atoms with van der Waals surface area (Å²) in [5.41, 5.74) is 0.0401. The van der Waals surface area contributed by atoms with Crippen molar-refractivity contribution in [1.29, 1.82) is 0 Å². The number of anilines is 1. The summed E-state index contributed by atoms with van der Waals surface area (Å²) in [7, 11) is 0. The molecule has 0 unspecified atom stereocenters. The van der Waals surface area contributed by atoms with Crippen LogP contribution in [0.25, 0.3) is 0 Å². The van der Waals surface area contributed by atoms with Crippen molar-refractivity contribution < 1.29 is 23.9 Å². The molecule has 1 saturated heterocycles. The van der Waals surface area contributed by atoms with Crippen molar-refractivity contribution in [3.05, 3.63) is 29.8 Å². The number of nitrogens with zero attached hydrogens (tertiary/aromatic N) is 1. The molecule has 1 atom stereocenters. The van der Waals surface area contributed by atoms with Crippen molar-refractivity contribution in [3.63, 3.8) is 0 Å². The fraction of sp³-hybridized carbons (Fsp3) is 0.526. The van der Waals surface area contributed by atoms with Crippen molar-refractivity contribution in [2.75, 3.05) is 18.4 Å². The van der Waals surface area contributed by atoms with E-state index in [0.29, 0.717) is 18.8 Å². The smallest absolute Gasteiger partial charge is 0.412 e. The summed E-state index contributed by atoms with van der Waals surface area (Å²) >= 11 is 0. The average molecular weight is 362 g/mol. The molecule has 1 fully saturated rings. The van der Waals surface area contributed by atoms with Crippen LogP contribution in [0, 0.1) is 0 Å². The van der Waals surface area contributed by atoms with E-state index in [0.717, 1.165) is 12.8 Å². The van der Waals surface area contributed by atoms with Crippen LogP contribution in [-0.4, -0.2) is 47.7 Å². The third kappa shape index (κ3) is 5.75. The number of nitrogens with one attached hydrogen (secondary N) is 1. The lowest BCUT2D eigenvalue weighted by Gasteiger charge is -2.21. The van der Waals surface area contributed by atoms with E-state index in [1.807, 2.05) is 0 Å². The minimum absolute atomic E-state index is 0.182. The van der Waals surface area contributed by atoms with Crippen molar-refractivity contribution in [3.8, 4) is 0 Å².